The van der Waals surface area contributed by atoms with Gasteiger partial charge in [0.1, 0.15) is 5.82 Å². The number of nitrogens with one attached hydrogen (secondary N) is 1. The van der Waals surface area contributed by atoms with Crippen molar-refractivity contribution in [2.75, 3.05) is 13.7 Å². The molecule has 86 valence electrons. The van der Waals surface area contributed by atoms with E-state index in [1.807, 2.05) is 6.92 Å². The first kappa shape index (κ1) is 12.2. The molecule has 3 N–H and O–H groups in total. The molecule has 4 nitrogen and oxygen atoms in total. The van der Waals surface area contributed by atoms with Crippen molar-refractivity contribution >= 4 is 0 Å². The van der Waals surface area contributed by atoms with Crippen molar-refractivity contribution < 1.29 is 4.74 Å². The van der Waals surface area contributed by atoms with Gasteiger partial charge in [0.25, 0.3) is 0 Å². The summed E-state index contributed by atoms with van der Waals surface area (Å²) >= 11 is 0. The second-order valence-electron chi connectivity index (χ2n) is 3.79. The number of H-pyrrole nitrogens is 1. The molecule has 0 saturated carbocycles. The van der Waals surface area contributed by atoms with Crippen LogP contribution in [-0.4, -0.2) is 23.6 Å². The molecule has 0 unspecified atom stereocenters. The van der Waals surface area contributed by atoms with E-state index >= 15 is 0 Å². The Balaban J connectivity index is 2.37. The molecule has 1 aromatic rings. The fourth-order valence-corrected chi connectivity index (χ4v) is 1.57. The van der Waals surface area contributed by atoms with Gasteiger partial charge in [0, 0.05) is 19.2 Å². The van der Waals surface area contributed by atoms with Crippen molar-refractivity contribution in [3.63, 3.8) is 0 Å². The van der Waals surface area contributed by atoms with Crippen LogP contribution in [0.1, 0.15) is 36.5 Å². The summed E-state index contributed by atoms with van der Waals surface area (Å²) in [6.07, 6.45) is 4.43. The van der Waals surface area contributed by atoms with Crippen molar-refractivity contribution in [3.05, 3.63) is 17.2 Å². The maximum atomic E-state index is 5.44. The van der Waals surface area contributed by atoms with Crippen molar-refractivity contribution in [2.45, 2.75) is 39.2 Å². The van der Waals surface area contributed by atoms with Crippen LogP contribution in [0.25, 0.3) is 0 Å². The van der Waals surface area contributed by atoms with Gasteiger partial charge in [0.05, 0.1) is 12.3 Å². The topological polar surface area (TPSA) is 63.9 Å². The lowest BCUT2D eigenvalue weighted by Gasteiger charge is -1.96. The van der Waals surface area contributed by atoms with E-state index in [4.69, 9.17) is 10.5 Å². The summed E-state index contributed by atoms with van der Waals surface area (Å²) in [7, 11) is 1.69. The lowest BCUT2D eigenvalue weighted by Crippen LogP contribution is -1.98. The summed E-state index contributed by atoms with van der Waals surface area (Å²) in [6, 6.07) is 0. The number of imidazole rings is 1. The number of unbranched alkanes of at least 4 members (excludes halogenated alkanes) is 2. The number of ether oxygens (including phenoxy) is 1. The molecule has 0 aliphatic heterocycles. The lowest BCUT2D eigenvalue weighted by molar-refractivity contribution is 0.181. The third kappa shape index (κ3) is 4.01. The highest BCUT2D eigenvalue weighted by Gasteiger charge is 2.05. The Kier molecular flexibility index (Phi) is 5.36. The van der Waals surface area contributed by atoms with E-state index in [0.717, 1.165) is 43.0 Å². The summed E-state index contributed by atoms with van der Waals surface area (Å²) in [5, 5.41) is 0. The Hall–Kier alpha value is -0.870. The van der Waals surface area contributed by atoms with Crippen LogP contribution in [0.4, 0.5) is 0 Å². The van der Waals surface area contributed by atoms with Gasteiger partial charge < -0.3 is 15.5 Å². The van der Waals surface area contributed by atoms with E-state index in [1.54, 1.807) is 7.11 Å². The molecule has 4 heteroatoms. The molecule has 0 fully saturated rings. The van der Waals surface area contributed by atoms with Gasteiger partial charge in [0.15, 0.2) is 0 Å². The number of methoxy groups -OCH3 is 1. The quantitative estimate of drug-likeness (QED) is 0.672. The highest BCUT2D eigenvalue weighted by atomic mass is 16.5. The van der Waals surface area contributed by atoms with Crippen LogP contribution in [0.2, 0.25) is 0 Å². The van der Waals surface area contributed by atoms with Gasteiger partial charge in [-0.15, -0.1) is 0 Å². The van der Waals surface area contributed by atoms with Gasteiger partial charge in [-0.2, -0.15) is 0 Å². The molecule has 1 heterocycles. The summed E-state index contributed by atoms with van der Waals surface area (Å²) in [5.74, 6) is 1.07. The fraction of sp³-hybridized carbons (Fsp3) is 0.727. The molecular weight excluding hydrogens is 190 g/mol. The molecule has 1 rings (SSSR count). The molecule has 1 aromatic heterocycles. The standard InChI is InChI=1S/C11H21N3O/c1-9-10(8-15-2)14-11(13-9)6-4-3-5-7-12/h3-8,12H2,1-2H3,(H,13,14). The molecule has 0 spiro atoms. The monoisotopic (exact) mass is 211 g/mol. The second-order valence-corrected chi connectivity index (χ2v) is 3.79. The second kappa shape index (κ2) is 6.58. The molecule has 0 aromatic carbocycles. The zero-order chi connectivity index (χ0) is 11.1. The van der Waals surface area contributed by atoms with Crippen LogP contribution in [0, 0.1) is 6.92 Å². The van der Waals surface area contributed by atoms with Crippen LogP contribution in [0.3, 0.4) is 0 Å². The number of hydrogen-bond donors (Lipinski definition) is 2. The summed E-state index contributed by atoms with van der Waals surface area (Å²) in [5.41, 5.74) is 7.57. The van der Waals surface area contributed by atoms with E-state index in [0.29, 0.717) is 6.61 Å². The Morgan fingerprint density at radius 1 is 1.33 bits per heavy atom. The van der Waals surface area contributed by atoms with Gasteiger partial charge in [-0.3, -0.25) is 0 Å². The normalized spacial score (nSPS) is 10.9. The van der Waals surface area contributed by atoms with E-state index < -0.39 is 0 Å². The van der Waals surface area contributed by atoms with Crippen LogP contribution in [0.5, 0.6) is 0 Å². The zero-order valence-electron chi connectivity index (χ0n) is 9.68. The predicted molar refractivity (Wildman–Crippen MR) is 60.6 cm³/mol. The Morgan fingerprint density at radius 2 is 2.13 bits per heavy atom. The predicted octanol–water partition coefficient (Wildman–Crippen LogP) is 1.54. The van der Waals surface area contributed by atoms with Crippen molar-refractivity contribution in [1.29, 1.82) is 0 Å². The SMILES string of the molecule is COCc1nc(CCCCCN)[nH]c1C. The number of aromatic amines is 1. The fourth-order valence-electron chi connectivity index (χ4n) is 1.57. The maximum Gasteiger partial charge on any atom is 0.106 e. The summed E-state index contributed by atoms with van der Waals surface area (Å²) < 4.78 is 5.07. The van der Waals surface area contributed by atoms with Gasteiger partial charge in [-0.25, -0.2) is 4.98 Å². The van der Waals surface area contributed by atoms with Gasteiger partial charge in [-0.1, -0.05) is 6.42 Å². The van der Waals surface area contributed by atoms with Crippen molar-refractivity contribution in [3.8, 4) is 0 Å². The Morgan fingerprint density at radius 3 is 2.80 bits per heavy atom. The average Bonchev–Trinajstić information content (AvgIpc) is 2.55. The van der Waals surface area contributed by atoms with E-state index in [2.05, 4.69) is 9.97 Å². The first-order valence-corrected chi connectivity index (χ1v) is 5.51. The molecule has 0 radical (unpaired) electrons. The average molecular weight is 211 g/mol. The number of aromatic nitrogens is 2. The maximum absolute atomic E-state index is 5.44. The summed E-state index contributed by atoms with van der Waals surface area (Å²) in [4.78, 5) is 7.77. The summed E-state index contributed by atoms with van der Waals surface area (Å²) in [6.45, 7) is 3.40. The zero-order valence-corrected chi connectivity index (χ0v) is 9.68. The van der Waals surface area contributed by atoms with Crippen LogP contribution >= 0.6 is 0 Å². The molecule has 0 saturated heterocycles. The van der Waals surface area contributed by atoms with E-state index in [1.165, 1.54) is 6.42 Å². The van der Waals surface area contributed by atoms with Crippen LogP contribution < -0.4 is 5.73 Å². The Labute approximate surface area is 91.2 Å². The minimum atomic E-state index is 0.588. The molecule has 0 aliphatic rings. The van der Waals surface area contributed by atoms with Crippen molar-refractivity contribution in [2.24, 2.45) is 5.73 Å². The molecule has 0 bridgehead atoms. The molecule has 0 amide bonds. The number of aryl methyl sites for hydroxylation is 2. The minimum absolute atomic E-state index is 0.588. The van der Waals surface area contributed by atoms with Gasteiger partial charge in [-0.05, 0) is 26.3 Å². The van der Waals surface area contributed by atoms with Crippen LogP contribution in [-0.2, 0) is 17.8 Å². The smallest absolute Gasteiger partial charge is 0.106 e. The van der Waals surface area contributed by atoms with Gasteiger partial charge >= 0.3 is 0 Å². The van der Waals surface area contributed by atoms with Crippen LogP contribution in [0.15, 0.2) is 0 Å². The number of nitrogens with two attached hydrogens (primary N) is 1. The molecule has 0 aliphatic carbocycles. The number of rotatable bonds is 7. The highest BCUT2D eigenvalue weighted by Crippen LogP contribution is 2.09. The first-order chi connectivity index (χ1) is 7.27. The van der Waals surface area contributed by atoms with E-state index in [9.17, 15) is 0 Å². The first-order valence-electron chi connectivity index (χ1n) is 5.51. The molecular formula is C11H21N3O. The third-order valence-electron chi connectivity index (χ3n) is 2.43. The highest BCUT2D eigenvalue weighted by molar-refractivity contribution is 5.12. The molecule has 0 atom stereocenters. The number of nitrogens with zero attached hydrogens (tertiary/aromatic N) is 1. The van der Waals surface area contributed by atoms with Crippen molar-refractivity contribution in [1.82, 2.24) is 9.97 Å². The number of hydrogen-bond acceptors (Lipinski definition) is 3. The third-order valence-corrected chi connectivity index (χ3v) is 2.43. The lowest BCUT2D eigenvalue weighted by atomic mass is 10.2. The largest absolute Gasteiger partial charge is 0.378 e. The molecule has 15 heavy (non-hydrogen) atoms. The van der Waals surface area contributed by atoms with Gasteiger partial charge in [0.2, 0.25) is 0 Å². The Bertz CT molecular complexity index is 283. The van der Waals surface area contributed by atoms with E-state index in [-0.39, 0.29) is 0 Å². The minimum Gasteiger partial charge on any atom is -0.378 e.